The van der Waals surface area contributed by atoms with E-state index >= 15 is 0 Å². The maximum Gasteiger partial charge on any atom is 0.193 e. The number of methoxy groups -OCH3 is 2. The fourth-order valence-corrected chi connectivity index (χ4v) is 2.78. The SMILES string of the molecule is COc1ccc(NC(N)=NCc2cccc(COc3ccccc3)c2)cc1OC. The molecular weight excluding hydrogens is 366 g/mol. The van der Waals surface area contributed by atoms with E-state index in [2.05, 4.69) is 16.4 Å². The number of para-hydroxylation sites is 1. The third kappa shape index (κ3) is 5.90. The Morgan fingerprint density at radius 2 is 1.62 bits per heavy atom. The van der Waals surface area contributed by atoms with Gasteiger partial charge in [-0.25, -0.2) is 4.99 Å². The zero-order valence-electron chi connectivity index (χ0n) is 16.6. The van der Waals surface area contributed by atoms with Crippen LogP contribution in [-0.4, -0.2) is 20.2 Å². The number of nitrogens with one attached hydrogen (secondary N) is 1. The molecule has 6 heteroatoms. The second-order valence-corrected chi connectivity index (χ2v) is 6.32. The zero-order valence-corrected chi connectivity index (χ0v) is 16.6. The molecule has 0 unspecified atom stereocenters. The molecule has 0 bridgehead atoms. The van der Waals surface area contributed by atoms with Crippen LogP contribution in [0.5, 0.6) is 17.2 Å². The summed E-state index contributed by atoms with van der Waals surface area (Å²) >= 11 is 0. The number of guanidine groups is 1. The Hall–Kier alpha value is -3.67. The van der Waals surface area contributed by atoms with Crippen LogP contribution < -0.4 is 25.3 Å². The van der Waals surface area contributed by atoms with Gasteiger partial charge >= 0.3 is 0 Å². The summed E-state index contributed by atoms with van der Waals surface area (Å²) in [5, 5.41) is 3.07. The maximum absolute atomic E-state index is 6.03. The summed E-state index contributed by atoms with van der Waals surface area (Å²) < 4.78 is 16.3. The van der Waals surface area contributed by atoms with Gasteiger partial charge in [-0.3, -0.25) is 0 Å². The van der Waals surface area contributed by atoms with Crippen LogP contribution in [0.3, 0.4) is 0 Å². The Bertz CT molecular complexity index is 959. The smallest absolute Gasteiger partial charge is 0.193 e. The molecule has 0 heterocycles. The van der Waals surface area contributed by atoms with Crippen LogP contribution in [0.15, 0.2) is 77.8 Å². The summed E-state index contributed by atoms with van der Waals surface area (Å²) in [5.74, 6) is 2.45. The molecule has 0 atom stereocenters. The average Bonchev–Trinajstić information content (AvgIpc) is 2.77. The van der Waals surface area contributed by atoms with Gasteiger partial charge in [0.15, 0.2) is 17.5 Å². The van der Waals surface area contributed by atoms with Crippen LogP contribution in [0.1, 0.15) is 11.1 Å². The highest BCUT2D eigenvalue weighted by molar-refractivity contribution is 5.92. The molecule has 0 aliphatic carbocycles. The molecule has 6 nitrogen and oxygen atoms in total. The fraction of sp³-hybridized carbons (Fsp3) is 0.174. The molecule has 0 fully saturated rings. The van der Waals surface area contributed by atoms with E-state index in [0.29, 0.717) is 30.6 Å². The highest BCUT2D eigenvalue weighted by atomic mass is 16.5. The van der Waals surface area contributed by atoms with Crippen LogP contribution in [0.25, 0.3) is 0 Å². The van der Waals surface area contributed by atoms with E-state index in [4.69, 9.17) is 19.9 Å². The monoisotopic (exact) mass is 391 g/mol. The first kappa shape index (κ1) is 20.1. The van der Waals surface area contributed by atoms with Crippen LogP contribution >= 0.6 is 0 Å². The summed E-state index contributed by atoms with van der Waals surface area (Å²) in [6, 6.07) is 23.3. The third-order valence-electron chi connectivity index (χ3n) is 4.23. The molecule has 29 heavy (non-hydrogen) atoms. The summed E-state index contributed by atoms with van der Waals surface area (Å²) in [6.07, 6.45) is 0. The van der Waals surface area contributed by atoms with E-state index in [1.54, 1.807) is 14.2 Å². The second kappa shape index (κ2) is 10.0. The normalized spacial score (nSPS) is 11.0. The number of nitrogens with two attached hydrogens (primary N) is 1. The lowest BCUT2D eigenvalue weighted by atomic mass is 10.1. The Labute approximate surface area is 170 Å². The van der Waals surface area contributed by atoms with Gasteiger partial charge in [0.25, 0.3) is 0 Å². The minimum absolute atomic E-state index is 0.322. The summed E-state index contributed by atoms with van der Waals surface area (Å²) in [7, 11) is 3.19. The molecule has 0 aliphatic heterocycles. The molecule has 3 N–H and O–H groups in total. The quantitative estimate of drug-likeness (QED) is 0.444. The van der Waals surface area contributed by atoms with Gasteiger partial charge in [-0.1, -0.05) is 42.5 Å². The maximum atomic E-state index is 6.03. The summed E-state index contributed by atoms with van der Waals surface area (Å²) in [6.45, 7) is 0.965. The number of ether oxygens (including phenoxy) is 3. The third-order valence-corrected chi connectivity index (χ3v) is 4.23. The van der Waals surface area contributed by atoms with Crippen molar-refractivity contribution in [2.45, 2.75) is 13.2 Å². The predicted octanol–water partition coefficient (Wildman–Crippen LogP) is 4.21. The summed E-state index contributed by atoms with van der Waals surface area (Å²) in [5.41, 5.74) is 8.93. The van der Waals surface area contributed by atoms with E-state index in [1.807, 2.05) is 66.7 Å². The molecule has 0 aliphatic rings. The first-order valence-corrected chi connectivity index (χ1v) is 9.22. The standard InChI is InChI=1S/C23H25N3O3/c1-27-21-12-11-19(14-22(21)28-2)26-23(24)25-15-17-7-6-8-18(13-17)16-29-20-9-4-3-5-10-20/h3-14H,15-16H2,1-2H3,(H3,24,25,26). The fourth-order valence-electron chi connectivity index (χ4n) is 2.78. The number of aliphatic imine (C=N–C) groups is 1. The molecular formula is C23H25N3O3. The highest BCUT2D eigenvalue weighted by Gasteiger charge is 2.05. The van der Waals surface area contributed by atoms with Gasteiger partial charge in [0, 0.05) is 11.8 Å². The molecule has 0 saturated heterocycles. The van der Waals surface area contributed by atoms with Crippen LogP contribution in [0.2, 0.25) is 0 Å². The Morgan fingerprint density at radius 3 is 2.38 bits per heavy atom. The number of benzene rings is 3. The van der Waals surface area contributed by atoms with Crippen molar-refractivity contribution in [3.8, 4) is 17.2 Å². The van der Waals surface area contributed by atoms with Gasteiger partial charge in [-0.15, -0.1) is 0 Å². The largest absolute Gasteiger partial charge is 0.493 e. The van der Waals surface area contributed by atoms with E-state index in [9.17, 15) is 0 Å². The molecule has 0 saturated carbocycles. The van der Waals surface area contributed by atoms with E-state index in [1.165, 1.54) is 0 Å². The Balaban J connectivity index is 1.59. The minimum atomic E-state index is 0.322. The molecule has 3 rings (SSSR count). The van der Waals surface area contributed by atoms with Gasteiger partial charge in [-0.05, 0) is 35.4 Å². The molecule has 3 aromatic rings. The van der Waals surface area contributed by atoms with E-state index < -0.39 is 0 Å². The Morgan fingerprint density at radius 1 is 0.862 bits per heavy atom. The van der Waals surface area contributed by atoms with Crippen LogP contribution in [-0.2, 0) is 13.2 Å². The number of hydrogen-bond acceptors (Lipinski definition) is 4. The lowest BCUT2D eigenvalue weighted by Gasteiger charge is -2.11. The van der Waals surface area contributed by atoms with Gasteiger partial charge in [0.2, 0.25) is 0 Å². The first-order chi connectivity index (χ1) is 14.2. The highest BCUT2D eigenvalue weighted by Crippen LogP contribution is 2.29. The van der Waals surface area contributed by atoms with E-state index in [-0.39, 0.29) is 0 Å². The van der Waals surface area contributed by atoms with Crippen molar-refractivity contribution in [1.29, 1.82) is 0 Å². The molecule has 0 amide bonds. The molecule has 0 spiro atoms. The van der Waals surface area contributed by atoms with Gasteiger partial charge in [0.1, 0.15) is 12.4 Å². The van der Waals surface area contributed by atoms with E-state index in [0.717, 1.165) is 22.6 Å². The number of anilines is 1. The van der Waals surface area contributed by atoms with Crippen LogP contribution in [0.4, 0.5) is 5.69 Å². The zero-order chi connectivity index (χ0) is 20.5. The number of nitrogens with zero attached hydrogens (tertiary/aromatic N) is 1. The molecule has 0 radical (unpaired) electrons. The molecule has 150 valence electrons. The van der Waals surface area contributed by atoms with Gasteiger partial charge in [0.05, 0.1) is 20.8 Å². The van der Waals surface area contributed by atoms with Crippen molar-refractivity contribution < 1.29 is 14.2 Å². The van der Waals surface area contributed by atoms with Crippen molar-refractivity contribution in [2.24, 2.45) is 10.7 Å². The van der Waals surface area contributed by atoms with Crippen molar-refractivity contribution in [1.82, 2.24) is 0 Å². The topological polar surface area (TPSA) is 78.1 Å². The lowest BCUT2D eigenvalue weighted by Crippen LogP contribution is -2.22. The summed E-state index contributed by atoms with van der Waals surface area (Å²) in [4.78, 5) is 4.42. The van der Waals surface area contributed by atoms with Gasteiger partial charge in [-0.2, -0.15) is 0 Å². The molecule has 0 aromatic heterocycles. The van der Waals surface area contributed by atoms with Crippen molar-refractivity contribution in [2.75, 3.05) is 19.5 Å². The lowest BCUT2D eigenvalue weighted by molar-refractivity contribution is 0.306. The number of rotatable bonds is 8. The predicted molar refractivity (Wildman–Crippen MR) is 116 cm³/mol. The molecule has 3 aromatic carbocycles. The van der Waals surface area contributed by atoms with Crippen molar-refractivity contribution >= 4 is 11.6 Å². The van der Waals surface area contributed by atoms with Crippen LogP contribution in [0, 0.1) is 0 Å². The first-order valence-electron chi connectivity index (χ1n) is 9.22. The second-order valence-electron chi connectivity index (χ2n) is 6.32. The van der Waals surface area contributed by atoms with Crippen molar-refractivity contribution in [3.05, 3.63) is 83.9 Å². The van der Waals surface area contributed by atoms with Gasteiger partial charge < -0.3 is 25.3 Å². The average molecular weight is 391 g/mol. The number of hydrogen-bond donors (Lipinski definition) is 2. The van der Waals surface area contributed by atoms with Crippen molar-refractivity contribution in [3.63, 3.8) is 0 Å². The minimum Gasteiger partial charge on any atom is -0.493 e. The Kier molecular flexibility index (Phi) is 6.95.